The number of carbonyl (C=O) groups excluding carboxylic acids is 1. The predicted octanol–water partition coefficient (Wildman–Crippen LogP) is 1.63. The number of methoxy groups -OCH3 is 1. The van der Waals surface area contributed by atoms with Gasteiger partial charge in [-0.1, -0.05) is 0 Å². The molecule has 5 nitrogen and oxygen atoms in total. The molecule has 0 aromatic heterocycles. The molecule has 96 valence electrons. The minimum absolute atomic E-state index is 0.0774. The lowest BCUT2D eigenvalue weighted by Crippen LogP contribution is -2.12. The van der Waals surface area contributed by atoms with Crippen LogP contribution in [0.5, 0.6) is 5.75 Å². The average Bonchev–Trinajstić information content (AvgIpc) is 2.39. The van der Waals surface area contributed by atoms with Crippen LogP contribution in [0.15, 0.2) is 18.2 Å². The number of nitrogens with one attached hydrogen (secondary N) is 1. The van der Waals surface area contributed by atoms with Crippen LogP contribution in [0.25, 0.3) is 0 Å². The number of hydrogen-bond donors (Lipinski definition) is 2. The number of unbranched alkanes of at least 4 members (excludes halogenated alkanes) is 1. The largest absolute Gasteiger partial charge is 0.495 e. The van der Waals surface area contributed by atoms with Crippen LogP contribution in [-0.4, -0.2) is 19.6 Å². The molecule has 0 heterocycles. The Morgan fingerprint density at radius 1 is 1.50 bits per heavy atom. The maximum atomic E-state index is 11.6. The van der Waals surface area contributed by atoms with E-state index in [1.807, 2.05) is 6.07 Å². The van der Waals surface area contributed by atoms with Crippen molar-refractivity contribution in [2.75, 3.05) is 19.0 Å². The van der Waals surface area contributed by atoms with Crippen molar-refractivity contribution in [2.45, 2.75) is 19.3 Å². The maximum Gasteiger partial charge on any atom is 0.224 e. The Kier molecular flexibility index (Phi) is 5.68. The standard InChI is InChI=1S/C13H17N3O2/c1-18-12-8-10(9-15)5-6-11(12)16-13(17)4-2-3-7-14/h5-6,8H,2-4,7,14H2,1H3,(H,16,17). The topological polar surface area (TPSA) is 88.1 Å². The fraction of sp³-hybridized carbons (Fsp3) is 0.385. The van der Waals surface area contributed by atoms with Crippen LogP contribution in [0.2, 0.25) is 0 Å². The Morgan fingerprint density at radius 2 is 2.28 bits per heavy atom. The lowest BCUT2D eigenvalue weighted by molar-refractivity contribution is -0.116. The molecule has 0 unspecified atom stereocenters. The number of benzene rings is 1. The number of anilines is 1. The van der Waals surface area contributed by atoms with Gasteiger partial charge >= 0.3 is 0 Å². The van der Waals surface area contributed by atoms with Crippen LogP contribution < -0.4 is 15.8 Å². The van der Waals surface area contributed by atoms with Crippen molar-refractivity contribution in [3.05, 3.63) is 23.8 Å². The third kappa shape index (κ3) is 4.07. The van der Waals surface area contributed by atoms with E-state index in [0.717, 1.165) is 12.8 Å². The molecule has 0 radical (unpaired) electrons. The number of nitriles is 1. The molecular weight excluding hydrogens is 230 g/mol. The van der Waals surface area contributed by atoms with E-state index in [1.165, 1.54) is 7.11 Å². The number of amides is 1. The number of nitrogens with zero attached hydrogens (tertiary/aromatic N) is 1. The van der Waals surface area contributed by atoms with Crippen molar-refractivity contribution in [1.29, 1.82) is 5.26 Å². The van der Waals surface area contributed by atoms with E-state index < -0.39 is 0 Å². The quantitative estimate of drug-likeness (QED) is 0.748. The molecule has 5 heteroatoms. The summed E-state index contributed by atoms with van der Waals surface area (Å²) in [4.78, 5) is 11.6. The number of ether oxygens (including phenoxy) is 1. The van der Waals surface area contributed by atoms with Gasteiger partial charge in [-0.15, -0.1) is 0 Å². The zero-order valence-electron chi connectivity index (χ0n) is 10.4. The van der Waals surface area contributed by atoms with Crippen LogP contribution in [0.3, 0.4) is 0 Å². The van der Waals surface area contributed by atoms with Gasteiger partial charge in [-0.2, -0.15) is 5.26 Å². The van der Waals surface area contributed by atoms with Gasteiger partial charge < -0.3 is 15.8 Å². The first-order valence-electron chi connectivity index (χ1n) is 5.79. The molecule has 0 bridgehead atoms. The smallest absolute Gasteiger partial charge is 0.224 e. The summed E-state index contributed by atoms with van der Waals surface area (Å²) in [6.07, 6.45) is 2.03. The van der Waals surface area contributed by atoms with Crippen LogP contribution in [0.4, 0.5) is 5.69 Å². The summed E-state index contributed by atoms with van der Waals surface area (Å²) in [6, 6.07) is 6.91. The maximum absolute atomic E-state index is 11.6. The molecule has 0 aliphatic heterocycles. The average molecular weight is 247 g/mol. The van der Waals surface area contributed by atoms with Crippen molar-refractivity contribution >= 4 is 11.6 Å². The molecule has 1 rings (SSSR count). The summed E-state index contributed by atoms with van der Waals surface area (Å²) in [5.41, 5.74) is 6.43. The van der Waals surface area contributed by atoms with Gasteiger partial charge in [0.25, 0.3) is 0 Å². The first-order valence-corrected chi connectivity index (χ1v) is 5.79. The van der Waals surface area contributed by atoms with E-state index in [4.69, 9.17) is 15.7 Å². The van der Waals surface area contributed by atoms with Crippen molar-refractivity contribution in [1.82, 2.24) is 0 Å². The van der Waals surface area contributed by atoms with Crippen LogP contribution in [-0.2, 0) is 4.79 Å². The minimum atomic E-state index is -0.0774. The number of carbonyl (C=O) groups is 1. The SMILES string of the molecule is COc1cc(C#N)ccc1NC(=O)CCCCN. The highest BCUT2D eigenvalue weighted by atomic mass is 16.5. The van der Waals surface area contributed by atoms with Gasteiger partial charge in [0.15, 0.2) is 0 Å². The van der Waals surface area contributed by atoms with Gasteiger partial charge in [-0.05, 0) is 31.5 Å². The van der Waals surface area contributed by atoms with E-state index >= 15 is 0 Å². The van der Waals surface area contributed by atoms with Crippen LogP contribution in [0, 0.1) is 11.3 Å². The predicted molar refractivity (Wildman–Crippen MR) is 69.2 cm³/mol. The zero-order chi connectivity index (χ0) is 13.4. The second-order valence-corrected chi connectivity index (χ2v) is 3.82. The number of rotatable bonds is 6. The van der Waals surface area contributed by atoms with E-state index in [2.05, 4.69) is 5.32 Å². The van der Waals surface area contributed by atoms with Gasteiger partial charge in [0.2, 0.25) is 5.91 Å². The van der Waals surface area contributed by atoms with Gasteiger partial charge in [0.05, 0.1) is 24.4 Å². The summed E-state index contributed by atoms with van der Waals surface area (Å²) < 4.78 is 5.13. The summed E-state index contributed by atoms with van der Waals surface area (Å²) in [5.74, 6) is 0.410. The second kappa shape index (κ2) is 7.30. The third-order valence-corrected chi connectivity index (χ3v) is 2.46. The monoisotopic (exact) mass is 247 g/mol. The number of nitrogens with two attached hydrogens (primary N) is 1. The van der Waals surface area contributed by atoms with E-state index in [1.54, 1.807) is 18.2 Å². The summed E-state index contributed by atoms with van der Waals surface area (Å²) in [6.45, 7) is 0.591. The normalized spacial score (nSPS) is 9.61. The molecule has 0 atom stereocenters. The zero-order valence-corrected chi connectivity index (χ0v) is 10.4. The molecule has 1 amide bonds. The van der Waals surface area contributed by atoms with Crippen molar-refractivity contribution in [2.24, 2.45) is 5.73 Å². The highest BCUT2D eigenvalue weighted by Crippen LogP contribution is 2.25. The van der Waals surface area contributed by atoms with Gasteiger partial charge in [0, 0.05) is 12.5 Å². The van der Waals surface area contributed by atoms with Gasteiger partial charge in [0.1, 0.15) is 5.75 Å². The molecule has 0 saturated carbocycles. The Hall–Kier alpha value is -2.06. The van der Waals surface area contributed by atoms with Crippen LogP contribution >= 0.6 is 0 Å². The Morgan fingerprint density at radius 3 is 2.89 bits per heavy atom. The second-order valence-electron chi connectivity index (χ2n) is 3.82. The number of hydrogen-bond acceptors (Lipinski definition) is 4. The molecule has 18 heavy (non-hydrogen) atoms. The van der Waals surface area contributed by atoms with E-state index in [-0.39, 0.29) is 5.91 Å². The molecule has 1 aromatic carbocycles. The fourth-order valence-electron chi connectivity index (χ4n) is 1.51. The van der Waals surface area contributed by atoms with E-state index in [0.29, 0.717) is 30.0 Å². The molecule has 1 aromatic rings. The lowest BCUT2D eigenvalue weighted by atomic mass is 10.2. The van der Waals surface area contributed by atoms with Crippen LogP contribution in [0.1, 0.15) is 24.8 Å². The first-order chi connectivity index (χ1) is 8.71. The molecule has 0 fully saturated rings. The Labute approximate surface area is 107 Å². The molecule has 0 spiro atoms. The molecule has 0 saturated heterocycles. The fourth-order valence-corrected chi connectivity index (χ4v) is 1.51. The molecular formula is C13H17N3O2. The van der Waals surface area contributed by atoms with Gasteiger partial charge in [-0.3, -0.25) is 4.79 Å². The Balaban J connectivity index is 2.66. The summed E-state index contributed by atoms with van der Waals surface area (Å²) in [7, 11) is 1.50. The molecule has 3 N–H and O–H groups in total. The Bertz CT molecular complexity index is 452. The summed E-state index contributed by atoms with van der Waals surface area (Å²) in [5, 5.41) is 11.5. The highest BCUT2D eigenvalue weighted by Gasteiger charge is 2.08. The first kappa shape index (κ1) is 14.0. The summed E-state index contributed by atoms with van der Waals surface area (Å²) >= 11 is 0. The van der Waals surface area contributed by atoms with Gasteiger partial charge in [-0.25, -0.2) is 0 Å². The molecule has 0 aliphatic rings. The van der Waals surface area contributed by atoms with Crippen molar-refractivity contribution in [3.8, 4) is 11.8 Å². The third-order valence-electron chi connectivity index (χ3n) is 2.46. The molecule has 0 aliphatic carbocycles. The van der Waals surface area contributed by atoms with E-state index in [9.17, 15) is 4.79 Å². The minimum Gasteiger partial charge on any atom is -0.495 e. The van der Waals surface area contributed by atoms with Crippen molar-refractivity contribution in [3.63, 3.8) is 0 Å². The van der Waals surface area contributed by atoms with Crippen molar-refractivity contribution < 1.29 is 9.53 Å². The highest BCUT2D eigenvalue weighted by molar-refractivity contribution is 5.92. The lowest BCUT2D eigenvalue weighted by Gasteiger charge is -2.10.